The van der Waals surface area contributed by atoms with Crippen molar-refractivity contribution in [3.8, 4) is 10.4 Å². The van der Waals surface area contributed by atoms with Crippen molar-refractivity contribution in [2.75, 3.05) is 13.1 Å². The van der Waals surface area contributed by atoms with Crippen LogP contribution in [0, 0.1) is 0 Å². The first-order valence-corrected chi connectivity index (χ1v) is 8.45. The van der Waals surface area contributed by atoms with Gasteiger partial charge in [-0.3, -0.25) is 4.99 Å². The second-order valence-electron chi connectivity index (χ2n) is 4.59. The average Bonchev–Trinajstić information content (AvgIpc) is 3.19. The van der Waals surface area contributed by atoms with E-state index in [1.54, 1.807) is 22.7 Å². The third-order valence-corrected chi connectivity index (χ3v) is 5.91. The molecule has 0 unspecified atom stereocenters. The van der Waals surface area contributed by atoms with Crippen LogP contribution in [-0.4, -0.2) is 18.9 Å². The van der Waals surface area contributed by atoms with Crippen molar-refractivity contribution >= 4 is 50.2 Å². The molecule has 0 saturated carbocycles. The van der Waals surface area contributed by atoms with E-state index in [1.165, 1.54) is 15.1 Å². The number of nitrogens with one attached hydrogen (secondary N) is 1. The minimum Gasteiger partial charge on any atom is -0.367 e. The highest BCUT2D eigenvalue weighted by molar-refractivity contribution is 7.21. The van der Waals surface area contributed by atoms with Crippen LogP contribution in [0.4, 0.5) is 0 Å². The number of halogens is 1. The summed E-state index contributed by atoms with van der Waals surface area (Å²) in [5, 5.41) is 7.33. The molecule has 1 N–H and O–H groups in total. The van der Waals surface area contributed by atoms with E-state index in [-0.39, 0.29) is 0 Å². The van der Waals surface area contributed by atoms with Gasteiger partial charge in [-0.1, -0.05) is 29.8 Å². The zero-order valence-electron chi connectivity index (χ0n) is 10.5. The summed E-state index contributed by atoms with van der Waals surface area (Å²) < 4.78 is 1.22. The molecule has 0 bridgehead atoms. The van der Waals surface area contributed by atoms with Gasteiger partial charge in [-0.25, -0.2) is 0 Å². The van der Waals surface area contributed by atoms with Crippen LogP contribution in [0.5, 0.6) is 0 Å². The fraction of sp³-hybridized carbons (Fsp3) is 0.133. The lowest BCUT2D eigenvalue weighted by atomic mass is 10.1. The second kappa shape index (κ2) is 4.88. The zero-order chi connectivity index (χ0) is 13.5. The summed E-state index contributed by atoms with van der Waals surface area (Å²) in [6.45, 7) is 1.74. The van der Waals surface area contributed by atoms with Crippen molar-refractivity contribution in [1.29, 1.82) is 0 Å². The number of rotatable bonds is 2. The molecule has 0 fully saturated rings. The lowest BCUT2D eigenvalue weighted by molar-refractivity contribution is 0.960. The highest BCUT2D eigenvalue weighted by Gasteiger charge is 2.17. The maximum absolute atomic E-state index is 6.51. The summed E-state index contributed by atoms with van der Waals surface area (Å²) in [6.07, 6.45) is 0. The summed E-state index contributed by atoms with van der Waals surface area (Å²) in [5.74, 6) is 0.939. The monoisotopic (exact) mass is 318 g/mol. The topological polar surface area (TPSA) is 24.4 Å². The van der Waals surface area contributed by atoms with E-state index in [0.29, 0.717) is 0 Å². The maximum atomic E-state index is 6.51. The number of aliphatic imine (C=N–C) groups is 1. The van der Waals surface area contributed by atoms with Gasteiger partial charge in [-0.15, -0.1) is 22.7 Å². The van der Waals surface area contributed by atoms with Gasteiger partial charge in [0, 0.05) is 21.5 Å². The van der Waals surface area contributed by atoms with E-state index in [1.807, 2.05) is 0 Å². The van der Waals surface area contributed by atoms with Crippen molar-refractivity contribution in [2.45, 2.75) is 0 Å². The predicted molar refractivity (Wildman–Crippen MR) is 89.6 cm³/mol. The van der Waals surface area contributed by atoms with Gasteiger partial charge in [0.05, 0.1) is 16.4 Å². The van der Waals surface area contributed by atoms with E-state index in [4.69, 9.17) is 11.6 Å². The van der Waals surface area contributed by atoms with Gasteiger partial charge in [-0.05, 0) is 23.1 Å². The average molecular weight is 319 g/mol. The first-order valence-electron chi connectivity index (χ1n) is 6.37. The number of amidine groups is 1. The van der Waals surface area contributed by atoms with E-state index in [2.05, 4.69) is 46.0 Å². The molecule has 0 aliphatic carbocycles. The molecular weight excluding hydrogens is 308 g/mol. The molecule has 1 aliphatic rings. The minimum absolute atomic E-state index is 0.816. The van der Waals surface area contributed by atoms with Crippen LogP contribution < -0.4 is 5.32 Å². The normalized spacial score (nSPS) is 14.6. The second-order valence-corrected chi connectivity index (χ2v) is 6.97. The van der Waals surface area contributed by atoms with Crippen molar-refractivity contribution in [2.24, 2.45) is 4.99 Å². The van der Waals surface area contributed by atoms with Crippen LogP contribution in [0.15, 0.2) is 40.7 Å². The Labute approximate surface area is 129 Å². The quantitative estimate of drug-likeness (QED) is 0.731. The lowest BCUT2D eigenvalue weighted by Gasteiger charge is -1.98. The number of hydrogen-bond donors (Lipinski definition) is 1. The zero-order valence-corrected chi connectivity index (χ0v) is 12.9. The fourth-order valence-corrected chi connectivity index (χ4v) is 4.63. The minimum atomic E-state index is 0.816. The van der Waals surface area contributed by atoms with E-state index in [0.717, 1.165) is 34.2 Å². The molecule has 2 aromatic heterocycles. The Balaban J connectivity index is 1.87. The van der Waals surface area contributed by atoms with Gasteiger partial charge in [-0.2, -0.15) is 0 Å². The number of fused-ring (bicyclic) bond motifs is 1. The number of thiophene rings is 2. The van der Waals surface area contributed by atoms with Crippen LogP contribution in [0.25, 0.3) is 20.5 Å². The SMILES string of the molecule is Clc1c(C2=NCCN2)sc2cc(-c3cccs3)ccc12. The molecule has 1 aliphatic heterocycles. The van der Waals surface area contributed by atoms with Crippen LogP contribution in [0.1, 0.15) is 4.88 Å². The molecular formula is C15H11ClN2S2. The molecule has 0 atom stereocenters. The molecule has 20 heavy (non-hydrogen) atoms. The number of hydrogen-bond acceptors (Lipinski definition) is 4. The smallest absolute Gasteiger partial charge is 0.140 e. The molecule has 0 amide bonds. The van der Waals surface area contributed by atoms with Crippen molar-refractivity contribution in [3.05, 3.63) is 45.6 Å². The van der Waals surface area contributed by atoms with Crippen LogP contribution >= 0.6 is 34.3 Å². The Bertz CT molecular complexity index is 803. The first kappa shape index (κ1) is 12.4. The molecule has 4 rings (SSSR count). The van der Waals surface area contributed by atoms with Gasteiger partial charge in [0.15, 0.2) is 0 Å². The van der Waals surface area contributed by atoms with Crippen molar-refractivity contribution < 1.29 is 0 Å². The maximum Gasteiger partial charge on any atom is 0.140 e. The third-order valence-electron chi connectivity index (χ3n) is 3.32. The Morgan fingerprint density at radius 1 is 1.25 bits per heavy atom. The number of benzene rings is 1. The largest absolute Gasteiger partial charge is 0.367 e. The molecule has 3 aromatic rings. The summed E-state index contributed by atoms with van der Waals surface area (Å²) in [5.41, 5.74) is 1.25. The fourth-order valence-electron chi connectivity index (χ4n) is 2.36. The molecule has 0 saturated heterocycles. The Hall–Kier alpha value is -1.36. The van der Waals surface area contributed by atoms with E-state index >= 15 is 0 Å². The molecule has 5 heteroatoms. The van der Waals surface area contributed by atoms with Gasteiger partial charge < -0.3 is 5.32 Å². The third kappa shape index (κ3) is 1.95. The summed E-state index contributed by atoms with van der Waals surface area (Å²) in [6, 6.07) is 10.7. The number of nitrogens with zero attached hydrogens (tertiary/aromatic N) is 1. The Morgan fingerprint density at radius 3 is 2.95 bits per heavy atom. The van der Waals surface area contributed by atoms with Gasteiger partial charge >= 0.3 is 0 Å². The van der Waals surface area contributed by atoms with E-state index < -0.39 is 0 Å². The van der Waals surface area contributed by atoms with Crippen LogP contribution in [-0.2, 0) is 0 Å². The lowest BCUT2D eigenvalue weighted by Crippen LogP contribution is -2.18. The highest BCUT2D eigenvalue weighted by atomic mass is 35.5. The highest BCUT2D eigenvalue weighted by Crippen LogP contribution is 2.38. The molecule has 1 aromatic carbocycles. The van der Waals surface area contributed by atoms with Crippen molar-refractivity contribution in [1.82, 2.24) is 5.32 Å². The van der Waals surface area contributed by atoms with Crippen LogP contribution in [0.3, 0.4) is 0 Å². The van der Waals surface area contributed by atoms with Crippen molar-refractivity contribution in [3.63, 3.8) is 0 Å². The standard InChI is InChI=1S/C15H11ClN2S2/c16-13-10-4-3-9(11-2-1-7-19-11)8-12(10)20-14(13)15-17-5-6-18-15/h1-4,7-8H,5-6H2,(H,17,18). The predicted octanol–water partition coefficient (Wildman–Crippen LogP) is 4.63. The Kier molecular flexibility index (Phi) is 3.02. The molecule has 0 spiro atoms. The first-order chi connectivity index (χ1) is 9.83. The molecule has 3 heterocycles. The Morgan fingerprint density at radius 2 is 2.20 bits per heavy atom. The molecule has 2 nitrogen and oxygen atoms in total. The summed E-state index contributed by atoms with van der Waals surface area (Å²) in [7, 11) is 0. The van der Waals surface area contributed by atoms with Gasteiger partial charge in [0.1, 0.15) is 5.84 Å². The molecule has 100 valence electrons. The van der Waals surface area contributed by atoms with Gasteiger partial charge in [0.2, 0.25) is 0 Å². The van der Waals surface area contributed by atoms with E-state index in [9.17, 15) is 0 Å². The summed E-state index contributed by atoms with van der Waals surface area (Å²) >= 11 is 9.98. The van der Waals surface area contributed by atoms with Crippen LogP contribution in [0.2, 0.25) is 5.02 Å². The molecule has 0 radical (unpaired) electrons. The summed E-state index contributed by atoms with van der Waals surface area (Å²) in [4.78, 5) is 6.81. The van der Waals surface area contributed by atoms with Gasteiger partial charge in [0.25, 0.3) is 0 Å².